The lowest BCUT2D eigenvalue weighted by atomic mass is 10.1. The molecule has 33 heavy (non-hydrogen) atoms. The van der Waals surface area contributed by atoms with Crippen LogP contribution in [0.25, 0.3) is 11.0 Å². The maximum Gasteiger partial charge on any atom is 0.306 e. The van der Waals surface area contributed by atoms with E-state index in [1.54, 1.807) is 19.1 Å². The summed E-state index contributed by atoms with van der Waals surface area (Å²) in [5.74, 6) is -0.00409. The minimum absolute atomic E-state index is 0.0303. The Morgan fingerprint density at radius 1 is 1.06 bits per heavy atom. The third kappa shape index (κ3) is 5.18. The van der Waals surface area contributed by atoms with E-state index in [0.717, 1.165) is 5.39 Å². The number of Topliss-reactive ketones (excluding diaryl/α,β-unsaturated/α-hetero) is 1. The summed E-state index contributed by atoms with van der Waals surface area (Å²) in [6.45, 7) is 2.13. The number of para-hydroxylation sites is 1. The molecule has 0 aliphatic carbocycles. The van der Waals surface area contributed by atoms with E-state index >= 15 is 0 Å². The minimum Gasteiger partial charge on any atom is -0.486 e. The third-order valence-electron chi connectivity index (χ3n) is 5.13. The zero-order valence-corrected chi connectivity index (χ0v) is 18.8. The number of ketones is 1. The number of carbonyl (C=O) groups is 2. The number of nitrogens with one attached hydrogen (secondary N) is 1. The van der Waals surface area contributed by atoms with Crippen LogP contribution in [0.3, 0.4) is 0 Å². The summed E-state index contributed by atoms with van der Waals surface area (Å²) in [4.78, 5) is 24.4. The van der Waals surface area contributed by atoms with Gasteiger partial charge in [-0.2, -0.15) is 0 Å². The van der Waals surface area contributed by atoms with Gasteiger partial charge in [0.25, 0.3) is 0 Å². The predicted molar refractivity (Wildman–Crippen MR) is 118 cm³/mol. The van der Waals surface area contributed by atoms with E-state index in [-0.39, 0.29) is 30.0 Å². The Labute approximate surface area is 190 Å². The molecule has 174 valence electrons. The molecule has 0 radical (unpaired) electrons. The summed E-state index contributed by atoms with van der Waals surface area (Å²) >= 11 is 0. The van der Waals surface area contributed by atoms with E-state index < -0.39 is 28.4 Å². The molecule has 0 bridgehead atoms. The van der Waals surface area contributed by atoms with Gasteiger partial charge in [0.2, 0.25) is 15.8 Å². The van der Waals surface area contributed by atoms with Crippen LogP contribution in [0.15, 0.2) is 51.8 Å². The number of esters is 1. The zero-order valence-electron chi connectivity index (χ0n) is 18.0. The van der Waals surface area contributed by atoms with Crippen molar-refractivity contribution in [3.05, 3.63) is 53.8 Å². The summed E-state index contributed by atoms with van der Waals surface area (Å²) in [6.07, 6.45) is 0.163. The summed E-state index contributed by atoms with van der Waals surface area (Å²) in [5.41, 5.74) is 1.29. The maximum atomic E-state index is 12.5. The molecule has 3 aromatic rings. The van der Waals surface area contributed by atoms with Gasteiger partial charge >= 0.3 is 5.97 Å². The van der Waals surface area contributed by atoms with E-state index in [1.807, 2.05) is 18.2 Å². The van der Waals surface area contributed by atoms with Gasteiger partial charge in [-0.25, -0.2) is 13.1 Å². The molecule has 0 saturated heterocycles. The van der Waals surface area contributed by atoms with Crippen LogP contribution in [0, 0.1) is 6.92 Å². The van der Waals surface area contributed by atoms with Crippen molar-refractivity contribution in [2.45, 2.75) is 24.7 Å². The number of hydrogen-bond acceptors (Lipinski definition) is 8. The van der Waals surface area contributed by atoms with Crippen molar-refractivity contribution in [2.24, 2.45) is 0 Å². The molecule has 2 aromatic carbocycles. The SMILES string of the molecule is Cc1c(C(=O)COC(=O)CCCNS(=O)(=O)c2ccc3c(c2)OCCO3)oc2ccccc12. The molecule has 1 N–H and O–H groups in total. The number of fused-ring (bicyclic) bond motifs is 2. The van der Waals surface area contributed by atoms with Gasteiger partial charge in [-0.05, 0) is 31.5 Å². The van der Waals surface area contributed by atoms with Crippen LogP contribution in [-0.4, -0.2) is 46.5 Å². The normalized spacial score (nSPS) is 13.1. The number of ether oxygens (including phenoxy) is 3. The molecule has 9 nitrogen and oxygen atoms in total. The highest BCUT2D eigenvalue weighted by atomic mass is 32.2. The molecule has 0 spiro atoms. The first-order chi connectivity index (χ1) is 15.8. The predicted octanol–water partition coefficient (Wildman–Crippen LogP) is 3.00. The third-order valence-corrected chi connectivity index (χ3v) is 6.59. The Hall–Kier alpha value is -3.37. The quantitative estimate of drug-likeness (QED) is 0.286. The first-order valence-electron chi connectivity index (χ1n) is 10.4. The standard InChI is InChI=1S/C23H23NO8S/c1-15-17-5-2-3-6-19(17)32-23(15)18(25)14-31-22(26)7-4-10-24-33(27,28)16-8-9-20-21(13-16)30-12-11-29-20/h2-3,5-6,8-9,13,24H,4,7,10-12,14H2,1H3. The number of furan rings is 1. The van der Waals surface area contributed by atoms with Gasteiger partial charge in [-0.3, -0.25) is 9.59 Å². The van der Waals surface area contributed by atoms with Crippen LogP contribution in [-0.2, 0) is 19.6 Å². The van der Waals surface area contributed by atoms with Crippen LogP contribution in [0.4, 0.5) is 0 Å². The fraction of sp³-hybridized carbons (Fsp3) is 0.304. The summed E-state index contributed by atoms with van der Waals surface area (Å²) < 4.78 is 48.8. The lowest BCUT2D eigenvalue weighted by Gasteiger charge is -2.18. The number of aryl methyl sites for hydroxylation is 1. The monoisotopic (exact) mass is 473 g/mol. The molecule has 4 rings (SSSR count). The Morgan fingerprint density at radius 3 is 2.61 bits per heavy atom. The molecule has 2 heterocycles. The van der Waals surface area contributed by atoms with Gasteiger partial charge in [0.1, 0.15) is 18.8 Å². The van der Waals surface area contributed by atoms with Gasteiger partial charge in [-0.1, -0.05) is 18.2 Å². The average molecular weight is 474 g/mol. The van der Waals surface area contributed by atoms with Gasteiger partial charge in [-0.15, -0.1) is 0 Å². The number of rotatable bonds is 9. The van der Waals surface area contributed by atoms with Crippen molar-refractivity contribution in [1.29, 1.82) is 0 Å². The second-order valence-corrected chi connectivity index (χ2v) is 9.21. The number of sulfonamides is 1. The Kier molecular flexibility index (Phi) is 6.66. The van der Waals surface area contributed by atoms with Crippen LogP contribution >= 0.6 is 0 Å². The molecule has 10 heteroatoms. The molecule has 0 unspecified atom stereocenters. The van der Waals surface area contributed by atoms with Crippen molar-refractivity contribution >= 4 is 32.7 Å². The first kappa shape index (κ1) is 22.8. The second kappa shape index (κ2) is 9.63. The van der Waals surface area contributed by atoms with E-state index in [9.17, 15) is 18.0 Å². The summed E-state index contributed by atoms with van der Waals surface area (Å²) in [7, 11) is -3.78. The maximum absolute atomic E-state index is 12.5. The topological polar surface area (TPSA) is 121 Å². The molecule has 0 atom stereocenters. The zero-order chi connectivity index (χ0) is 23.4. The Bertz CT molecular complexity index is 1300. The largest absolute Gasteiger partial charge is 0.486 e. The molecule has 1 aliphatic rings. The van der Waals surface area contributed by atoms with Crippen molar-refractivity contribution in [2.75, 3.05) is 26.4 Å². The molecule has 0 saturated carbocycles. The van der Waals surface area contributed by atoms with Crippen molar-refractivity contribution in [3.8, 4) is 11.5 Å². The second-order valence-electron chi connectivity index (χ2n) is 7.44. The Morgan fingerprint density at radius 2 is 1.82 bits per heavy atom. The van der Waals surface area contributed by atoms with Gasteiger partial charge in [0.05, 0.1) is 4.90 Å². The highest BCUT2D eigenvalue weighted by molar-refractivity contribution is 7.89. The van der Waals surface area contributed by atoms with E-state index in [4.69, 9.17) is 18.6 Å². The van der Waals surface area contributed by atoms with Crippen molar-refractivity contribution in [3.63, 3.8) is 0 Å². The van der Waals surface area contributed by atoms with E-state index in [0.29, 0.717) is 35.9 Å². The van der Waals surface area contributed by atoms with E-state index in [2.05, 4.69) is 4.72 Å². The van der Waals surface area contributed by atoms with Crippen molar-refractivity contribution in [1.82, 2.24) is 4.72 Å². The van der Waals surface area contributed by atoms with Gasteiger partial charge < -0.3 is 18.6 Å². The lowest BCUT2D eigenvalue weighted by Crippen LogP contribution is -2.26. The van der Waals surface area contributed by atoms with Crippen molar-refractivity contribution < 1.29 is 36.6 Å². The minimum atomic E-state index is -3.78. The first-order valence-corrected chi connectivity index (χ1v) is 11.9. The highest BCUT2D eigenvalue weighted by Gasteiger charge is 2.20. The van der Waals surface area contributed by atoms with Crippen LogP contribution in [0.5, 0.6) is 11.5 Å². The highest BCUT2D eigenvalue weighted by Crippen LogP contribution is 2.32. The number of carbonyl (C=O) groups excluding carboxylic acids is 2. The lowest BCUT2D eigenvalue weighted by molar-refractivity contribution is -0.142. The van der Waals surface area contributed by atoms with Gasteiger partial charge in [0, 0.05) is 30.0 Å². The van der Waals surface area contributed by atoms with Crippen LogP contribution in [0.2, 0.25) is 0 Å². The number of hydrogen-bond donors (Lipinski definition) is 1. The molecular formula is C23H23NO8S. The van der Waals surface area contributed by atoms with Gasteiger partial charge in [0.15, 0.2) is 23.9 Å². The fourth-order valence-corrected chi connectivity index (χ4v) is 4.53. The van der Waals surface area contributed by atoms with Crippen LogP contribution < -0.4 is 14.2 Å². The molecule has 1 aliphatic heterocycles. The molecular weight excluding hydrogens is 450 g/mol. The average Bonchev–Trinajstić information content (AvgIpc) is 3.16. The molecule has 0 amide bonds. The van der Waals surface area contributed by atoms with E-state index in [1.165, 1.54) is 12.1 Å². The van der Waals surface area contributed by atoms with Crippen LogP contribution in [0.1, 0.15) is 29.0 Å². The fourth-order valence-electron chi connectivity index (χ4n) is 3.44. The molecule has 0 fully saturated rings. The smallest absolute Gasteiger partial charge is 0.306 e. The summed E-state index contributed by atoms with van der Waals surface area (Å²) in [5, 5.41) is 0.831. The summed E-state index contributed by atoms with van der Waals surface area (Å²) in [6, 6.07) is 11.6. The molecule has 1 aromatic heterocycles. The Balaban J connectivity index is 1.23. The number of benzene rings is 2.